The van der Waals surface area contributed by atoms with Gasteiger partial charge in [-0.25, -0.2) is 0 Å². The molecule has 0 aliphatic heterocycles. The molecule has 2 nitrogen and oxygen atoms in total. The average Bonchev–Trinajstić information content (AvgIpc) is 2.80. The van der Waals surface area contributed by atoms with Crippen molar-refractivity contribution in [3.63, 3.8) is 0 Å². The molecule has 2 aromatic carbocycles. The van der Waals surface area contributed by atoms with Crippen LogP contribution in [0.15, 0.2) is 30.3 Å². The maximum absolute atomic E-state index is 4.66. The Morgan fingerprint density at radius 3 is 2.89 bits per heavy atom. The molecular formula is C15H11IrN2-. The number of rotatable bonds is 0. The van der Waals surface area contributed by atoms with Crippen LogP contribution in [-0.4, -0.2) is 9.55 Å². The number of hydrogen-bond donors (Lipinski definition) is 0. The maximum Gasteiger partial charge on any atom is 0.0949 e. The van der Waals surface area contributed by atoms with E-state index in [9.17, 15) is 0 Å². The van der Waals surface area contributed by atoms with E-state index in [0.29, 0.717) is 0 Å². The molecule has 1 aromatic heterocycles. The van der Waals surface area contributed by atoms with E-state index in [0.717, 1.165) is 17.1 Å². The van der Waals surface area contributed by atoms with Crippen molar-refractivity contribution >= 4 is 10.8 Å². The molecule has 0 amide bonds. The Kier molecular flexibility index (Phi) is 2.44. The van der Waals surface area contributed by atoms with E-state index in [2.05, 4.69) is 46.9 Å². The summed E-state index contributed by atoms with van der Waals surface area (Å²) in [5, 5.41) is 2.56. The van der Waals surface area contributed by atoms with E-state index in [-0.39, 0.29) is 20.1 Å². The van der Waals surface area contributed by atoms with Gasteiger partial charge in [0, 0.05) is 38.5 Å². The summed E-state index contributed by atoms with van der Waals surface area (Å²) >= 11 is 0. The number of nitrogens with zero attached hydrogens (tertiary/aromatic N) is 2. The third kappa shape index (κ3) is 1.23. The van der Waals surface area contributed by atoms with E-state index in [1.807, 2.05) is 13.0 Å². The zero-order valence-electron chi connectivity index (χ0n) is 10.1. The van der Waals surface area contributed by atoms with E-state index in [4.69, 9.17) is 0 Å². The van der Waals surface area contributed by atoms with Crippen LogP contribution in [0.5, 0.6) is 0 Å². The number of aromatic nitrogens is 2. The number of fused-ring (bicyclic) bond motifs is 3. The molecule has 3 heteroatoms. The number of hydrogen-bond acceptors (Lipinski definition) is 1. The SMILES string of the molecule is Cc1nc2c(n1C)-c1cccc3cc[c-]c-2c13.[Ir]. The second kappa shape index (κ2) is 3.77. The van der Waals surface area contributed by atoms with E-state index in [1.165, 1.54) is 22.0 Å². The molecule has 0 saturated carbocycles. The molecule has 0 spiro atoms. The van der Waals surface area contributed by atoms with Crippen LogP contribution in [-0.2, 0) is 27.2 Å². The van der Waals surface area contributed by atoms with E-state index in [1.54, 1.807) is 0 Å². The maximum atomic E-state index is 4.66. The van der Waals surface area contributed by atoms with Crippen molar-refractivity contribution < 1.29 is 20.1 Å². The molecule has 0 N–H and O–H groups in total. The number of aryl methyl sites for hydroxylation is 1. The fraction of sp³-hybridized carbons (Fsp3) is 0.133. The third-order valence-electron chi connectivity index (χ3n) is 3.65. The first-order valence-corrected chi connectivity index (χ1v) is 5.75. The van der Waals surface area contributed by atoms with Gasteiger partial charge in [0.2, 0.25) is 0 Å². The van der Waals surface area contributed by atoms with Crippen molar-refractivity contribution in [2.45, 2.75) is 6.92 Å². The minimum absolute atomic E-state index is 0. The van der Waals surface area contributed by atoms with Crippen LogP contribution < -0.4 is 0 Å². The molecule has 0 fully saturated rings. The largest absolute Gasteiger partial charge is 0.340 e. The van der Waals surface area contributed by atoms with Gasteiger partial charge in [0.25, 0.3) is 0 Å². The first kappa shape index (κ1) is 11.6. The molecule has 0 atom stereocenters. The normalized spacial score (nSPS) is 11.4. The van der Waals surface area contributed by atoms with Gasteiger partial charge in [-0.1, -0.05) is 23.6 Å². The number of benzene rings is 2. The average molecular weight is 411 g/mol. The van der Waals surface area contributed by atoms with Crippen LogP contribution in [0.25, 0.3) is 33.3 Å². The molecule has 4 rings (SSSR count). The van der Waals surface area contributed by atoms with Gasteiger partial charge in [-0.15, -0.1) is 29.1 Å². The van der Waals surface area contributed by atoms with Crippen LogP contribution in [0.1, 0.15) is 5.82 Å². The smallest absolute Gasteiger partial charge is 0.0949 e. The van der Waals surface area contributed by atoms with Crippen molar-refractivity contribution in [2.75, 3.05) is 0 Å². The van der Waals surface area contributed by atoms with Crippen LogP contribution in [0.3, 0.4) is 0 Å². The van der Waals surface area contributed by atoms with Gasteiger partial charge in [-0.3, -0.25) is 4.98 Å². The second-order valence-corrected chi connectivity index (χ2v) is 4.54. The van der Waals surface area contributed by atoms with E-state index >= 15 is 0 Å². The second-order valence-electron chi connectivity index (χ2n) is 4.54. The molecule has 1 aliphatic rings. The Balaban J connectivity index is 0.000001000. The minimum atomic E-state index is 0. The van der Waals surface area contributed by atoms with E-state index < -0.39 is 0 Å². The van der Waals surface area contributed by atoms with Crippen molar-refractivity contribution in [3.05, 3.63) is 42.2 Å². The zero-order chi connectivity index (χ0) is 11.6. The molecule has 3 aromatic rings. The Morgan fingerprint density at radius 2 is 2.06 bits per heavy atom. The van der Waals surface area contributed by atoms with Crippen molar-refractivity contribution in [2.24, 2.45) is 7.05 Å². The summed E-state index contributed by atoms with van der Waals surface area (Å²) in [6, 6.07) is 13.9. The Labute approximate surface area is 119 Å². The van der Waals surface area contributed by atoms with Crippen molar-refractivity contribution in [1.82, 2.24) is 9.55 Å². The molecule has 91 valence electrons. The predicted octanol–water partition coefficient (Wildman–Crippen LogP) is 3.33. The van der Waals surface area contributed by atoms with Crippen LogP contribution in [0.4, 0.5) is 0 Å². The zero-order valence-corrected chi connectivity index (χ0v) is 12.5. The summed E-state index contributed by atoms with van der Waals surface area (Å²) in [7, 11) is 2.08. The van der Waals surface area contributed by atoms with Gasteiger partial charge in [0.15, 0.2) is 0 Å². The topological polar surface area (TPSA) is 17.8 Å². The summed E-state index contributed by atoms with van der Waals surface area (Å²) in [6.45, 7) is 2.04. The predicted molar refractivity (Wildman–Crippen MR) is 68.7 cm³/mol. The molecular weight excluding hydrogens is 400 g/mol. The molecule has 1 radical (unpaired) electrons. The molecule has 1 aliphatic carbocycles. The van der Waals surface area contributed by atoms with Crippen molar-refractivity contribution in [3.8, 4) is 22.5 Å². The third-order valence-corrected chi connectivity index (χ3v) is 3.65. The van der Waals surface area contributed by atoms with Gasteiger partial charge in [0.1, 0.15) is 0 Å². The van der Waals surface area contributed by atoms with Crippen molar-refractivity contribution in [1.29, 1.82) is 0 Å². The van der Waals surface area contributed by atoms with Crippen LogP contribution in [0.2, 0.25) is 0 Å². The molecule has 0 bridgehead atoms. The first-order valence-electron chi connectivity index (χ1n) is 5.75. The summed E-state index contributed by atoms with van der Waals surface area (Å²) in [5.74, 6) is 1.05. The van der Waals surface area contributed by atoms with Gasteiger partial charge >= 0.3 is 0 Å². The van der Waals surface area contributed by atoms with Gasteiger partial charge in [-0.2, -0.15) is 0 Å². The number of imidazole rings is 1. The molecule has 18 heavy (non-hydrogen) atoms. The minimum Gasteiger partial charge on any atom is -0.340 e. The van der Waals surface area contributed by atoms with Gasteiger partial charge in [0.05, 0.1) is 5.82 Å². The monoisotopic (exact) mass is 412 g/mol. The molecule has 1 heterocycles. The molecule has 0 saturated heterocycles. The summed E-state index contributed by atoms with van der Waals surface area (Å²) in [6.07, 6.45) is 0. The standard InChI is InChI=1S/C15H11N2.Ir/c1-9-16-14-11-7-3-5-10-6-4-8-12(13(10)11)15(14)17(9)2;/h3-6,8H,1-2H3;/q-1;. The van der Waals surface area contributed by atoms with Crippen LogP contribution in [0, 0.1) is 13.0 Å². The summed E-state index contributed by atoms with van der Waals surface area (Å²) < 4.78 is 2.16. The first-order chi connectivity index (χ1) is 8.27. The quantitative estimate of drug-likeness (QED) is 0.406. The summed E-state index contributed by atoms with van der Waals surface area (Å²) in [4.78, 5) is 4.66. The Bertz CT molecular complexity index is 766. The van der Waals surface area contributed by atoms with Crippen LogP contribution >= 0.6 is 0 Å². The van der Waals surface area contributed by atoms with Gasteiger partial charge in [-0.05, 0) is 12.5 Å². The fourth-order valence-electron chi connectivity index (χ4n) is 2.75. The Morgan fingerprint density at radius 1 is 1.22 bits per heavy atom. The van der Waals surface area contributed by atoms with Gasteiger partial charge < -0.3 is 4.57 Å². The Hall–Kier alpha value is -1.44. The summed E-state index contributed by atoms with van der Waals surface area (Å²) in [5.41, 5.74) is 4.74. The fourth-order valence-corrected chi connectivity index (χ4v) is 2.75. The molecule has 0 unspecified atom stereocenters.